The number of rotatable bonds is 3. The highest BCUT2D eigenvalue weighted by Crippen LogP contribution is 2.18. The largest absolute Gasteiger partial charge is 0.245 e. The van der Waals surface area contributed by atoms with Crippen LogP contribution in [0.4, 0.5) is 0 Å². The van der Waals surface area contributed by atoms with Crippen LogP contribution in [0, 0.1) is 18.3 Å². The van der Waals surface area contributed by atoms with Gasteiger partial charge in [-0.05, 0) is 19.8 Å². The van der Waals surface area contributed by atoms with E-state index in [1.807, 2.05) is 6.92 Å². The van der Waals surface area contributed by atoms with Crippen LogP contribution in [0.25, 0.3) is 0 Å². The third kappa shape index (κ3) is 2.05. The van der Waals surface area contributed by atoms with Crippen molar-refractivity contribution < 1.29 is 0 Å². The monoisotopic (exact) mass is 180 g/mol. The van der Waals surface area contributed by atoms with E-state index in [1.165, 1.54) is 9.88 Å². The molecule has 3 heteroatoms. The SMILES string of the molecule is CCCc1nc(CC#N)c(C)s1. The fourth-order valence-electron chi connectivity index (χ4n) is 1.05. The van der Waals surface area contributed by atoms with Crippen LogP contribution in [0.5, 0.6) is 0 Å². The van der Waals surface area contributed by atoms with E-state index in [4.69, 9.17) is 5.26 Å². The van der Waals surface area contributed by atoms with E-state index in [1.54, 1.807) is 11.3 Å². The highest BCUT2D eigenvalue weighted by atomic mass is 32.1. The van der Waals surface area contributed by atoms with Gasteiger partial charge in [0.25, 0.3) is 0 Å². The van der Waals surface area contributed by atoms with Gasteiger partial charge in [-0.2, -0.15) is 5.26 Å². The molecule has 1 heterocycles. The summed E-state index contributed by atoms with van der Waals surface area (Å²) in [6.45, 7) is 4.17. The van der Waals surface area contributed by atoms with Gasteiger partial charge < -0.3 is 0 Å². The molecule has 0 amide bonds. The Labute approximate surface area is 76.9 Å². The smallest absolute Gasteiger partial charge is 0.0931 e. The molecule has 12 heavy (non-hydrogen) atoms. The van der Waals surface area contributed by atoms with Crippen molar-refractivity contribution >= 4 is 11.3 Å². The van der Waals surface area contributed by atoms with Crippen LogP contribution >= 0.6 is 11.3 Å². The number of aromatic nitrogens is 1. The molecule has 1 aromatic rings. The van der Waals surface area contributed by atoms with Crippen LogP contribution in [0.2, 0.25) is 0 Å². The second-order valence-electron chi connectivity index (χ2n) is 2.70. The Morgan fingerprint density at radius 3 is 2.92 bits per heavy atom. The average molecular weight is 180 g/mol. The van der Waals surface area contributed by atoms with Gasteiger partial charge in [-0.15, -0.1) is 11.3 Å². The molecular formula is C9H12N2S. The van der Waals surface area contributed by atoms with E-state index < -0.39 is 0 Å². The Morgan fingerprint density at radius 1 is 1.58 bits per heavy atom. The Morgan fingerprint density at radius 2 is 2.33 bits per heavy atom. The van der Waals surface area contributed by atoms with Gasteiger partial charge in [0, 0.05) is 4.88 Å². The number of nitrogens with zero attached hydrogens (tertiary/aromatic N) is 2. The summed E-state index contributed by atoms with van der Waals surface area (Å²) in [7, 11) is 0. The minimum absolute atomic E-state index is 0.450. The zero-order valence-corrected chi connectivity index (χ0v) is 8.24. The topological polar surface area (TPSA) is 36.7 Å². The van der Waals surface area contributed by atoms with E-state index in [0.29, 0.717) is 6.42 Å². The molecule has 2 nitrogen and oxygen atoms in total. The summed E-state index contributed by atoms with van der Waals surface area (Å²) in [5, 5.41) is 9.66. The van der Waals surface area contributed by atoms with Crippen molar-refractivity contribution in [2.75, 3.05) is 0 Å². The Balaban J connectivity index is 2.79. The normalized spacial score (nSPS) is 9.75. The summed E-state index contributed by atoms with van der Waals surface area (Å²) >= 11 is 1.72. The molecule has 0 radical (unpaired) electrons. The van der Waals surface area contributed by atoms with Crippen molar-refractivity contribution in [3.05, 3.63) is 15.6 Å². The maximum Gasteiger partial charge on any atom is 0.0931 e. The van der Waals surface area contributed by atoms with Gasteiger partial charge in [-0.3, -0.25) is 0 Å². The van der Waals surface area contributed by atoms with Gasteiger partial charge in [0.2, 0.25) is 0 Å². The lowest BCUT2D eigenvalue weighted by Crippen LogP contribution is -1.86. The molecule has 1 aromatic heterocycles. The number of hydrogen-bond donors (Lipinski definition) is 0. The zero-order valence-electron chi connectivity index (χ0n) is 7.42. The number of hydrogen-bond acceptors (Lipinski definition) is 3. The maximum atomic E-state index is 8.50. The van der Waals surface area contributed by atoms with Crippen LogP contribution in [0.3, 0.4) is 0 Å². The van der Waals surface area contributed by atoms with Crippen molar-refractivity contribution in [3.63, 3.8) is 0 Å². The second kappa shape index (κ2) is 4.22. The molecular weight excluding hydrogens is 168 g/mol. The van der Waals surface area contributed by atoms with Crippen LogP contribution in [-0.2, 0) is 12.8 Å². The van der Waals surface area contributed by atoms with Gasteiger partial charge in [-0.1, -0.05) is 6.92 Å². The maximum absolute atomic E-state index is 8.50. The van der Waals surface area contributed by atoms with Crippen molar-refractivity contribution in [2.45, 2.75) is 33.1 Å². The molecule has 1 rings (SSSR count). The first-order chi connectivity index (χ1) is 5.77. The molecule has 0 aliphatic rings. The van der Waals surface area contributed by atoms with E-state index in [0.717, 1.165) is 18.5 Å². The first kappa shape index (κ1) is 9.21. The highest BCUT2D eigenvalue weighted by molar-refractivity contribution is 7.11. The number of aryl methyl sites for hydroxylation is 2. The van der Waals surface area contributed by atoms with Gasteiger partial charge in [0.15, 0.2) is 0 Å². The fraction of sp³-hybridized carbons (Fsp3) is 0.556. The molecule has 0 unspecified atom stereocenters. The summed E-state index contributed by atoms with van der Waals surface area (Å²) in [6.07, 6.45) is 2.61. The van der Waals surface area contributed by atoms with E-state index in [-0.39, 0.29) is 0 Å². The van der Waals surface area contributed by atoms with E-state index in [9.17, 15) is 0 Å². The molecule has 0 saturated heterocycles. The van der Waals surface area contributed by atoms with Crippen LogP contribution in [0.15, 0.2) is 0 Å². The molecule has 0 atom stereocenters. The summed E-state index contributed by atoms with van der Waals surface area (Å²) in [6, 6.07) is 2.12. The van der Waals surface area contributed by atoms with E-state index in [2.05, 4.69) is 18.0 Å². The number of nitriles is 1. The molecule has 0 saturated carbocycles. The molecule has 0 aromatic carbocycles. The first-order valence-electron chi connectivity index (χ1n) is 4.10. The van der Waals surface area contributed by atoms with Crippen molar-refractivity contribution in [1.29, 1.82) is 5.26 Å². The summed E-state index contributed by atoms with van der Waals surface area (Å²) < 4.78 is 0. The van der Waals surface area contributed by atoms with Crippen LogP contribution < -0.4 is 0 Å². The van der Waals surface area contributed by atoms with Crippen molar-refractivity contribution in [3.8, 4) is 6.07 Å². The predicted molar refractivity (Wildman–Crippen MR) is 50.2 cm³/mol. The van der Waals surface area contributed by atoms with Crippen molar-refractivity contribution in [2.24, 2.45) is 0 Å². The third-order valence-corrected chi connectivity index (χ3v) is 2.72. The Hall–Kier alpha value is -0.880. The van der Waals surface area contributed by atoms with Gasteiger partial charge in [0.1, 0.15) is 0 Å². The Bertz CT molecular complexity index is 296. The Kier molecular flexibility index (Phi) is 3.24. The molecule has 0 bridgehead atoms. The van der Waals surface area contributed by atoms with Gasteiger partial charge in [-0.25, -0.2) is 4.98 Å². The highest BCUT2D eigenvalue weighted by Gasteiger charge is 2.05. The standard InChI is InChI=1S/C9H12N2S/c1-3-4-9-11-8(5-6-10)7(2)12-9/h3-5H2,1-2H3. The molecule has 0 N–H and O–H groups in total. The van der Waals surface area contributed by atoms with Gasteiger partial charge >= 0.3 is 0 Å². The van der Waals surface area contributed by atoms with Crippen LogP contribution in [0.1, 0.15) is 28.9 Å². The summed E-state index contributed by atoms with van der Waals surface area (Å²) in [5.41, 5.74) is 0.964. The zero-order chi connectivity index (χ0) is 8.97. The third-order valence-electron chi connectivity index (χ3n) is 1.65. The fourth-order valence-corrected chi connectivity index (χ4v) is 2.10. The molecule has 0 spiro atoms. The lowest BCUT2D eigenvalue weighted by Gasteiger charge is -1.86. The minimum Gasteiger partial charge on any atom is -0.245 e. The first-order valence-corrected chi connectivity index (χ1v) is 4.91. The molecule has 0 aliphatic carbocycles. The minimum atomic E-state index is 0.450. The summed E-state index contributed by atoms with van der Waals surface area (Å²) in [4.78, 5) is 5.58. The molecule has 0 fully saturated rings. The second-order valence-corrected chi connectivity index (χ2v) is 3.98. The lowest BCUT2D eigenvalue weighted by molar-refractivity contribution is 0.898. The van der Waals surface area contributed by atoms with Gasteiger partial charge in [0.05, 0.1) is 23.2 Å². The lowest BCUT2D eigenvalue weighted by atomic mass is 10.3. The number of thiazole rings is 1. The summed E-state index contributed by atoms with van der Waals surface area (Å²) in [5.74, 6) is 0. The molecule has 0 aliphatic heterocycles. The van der Waals surface area contributed by atoms with Crippen LogP contribution in [-0.4, -0.2) is 4.98 Å². The molecule has 64 valence electrons. The van der Waals surface area contributed by atoms with E-state index >= 15 is 0 Å². The average Bonchev–Trinajstić information content (AvgIpc) is 2.34. The predicted octanol–water partition coefficient (Wildman–Crippen LogP) is 2.47. The van der Waals surface area contributed by atoms with Crippen molar-refractivity contribution in [1.82, 2.24) is 4.98 Å². The quantitative estimate of drug-likeness (QED) is 0.716.